The molecule has 0 bridgehead atoms. The molecule has 1 N–H and O–H groups in total. The molecule has 1 aromatic rings. The molecule has 6 nitrogen and oxygen atoms in total. The van der Waals surface area contributed by atoms with Crippen LogP contribution in [0.15, 0.2) is 61.2 Å². The van der Waals surface area contributed by atoms with Gasteiger partial charge in [0, 0.05) is 0 Å². The summed E-state index contributed by atoms with van der Waals surface area (Å²) in [5, 5.41) is 2.44. The average Bonchev–Trinajstić information content (AvgIpc) is 2.88. The van der Waals surface area contributed by atoms with Crippen molar-refractivity contribution in [2.45, 2.75) is 38.6 Å². The van der Waals surface area contributed by atoms with E-state index in [2.05, 4.69) is 18.5 Å². The number of nitrogens with zero attached hydrogens (tertiary/aromatic N) is 1. The number of alkyl halides is 1. The molecule has 0 spiro atoms. The number of hydrogen-bond acceptors (Lipinski definition) is 4. The van der Waals surface area contributed by atoms with Crippen molar-refractivity contribution in [1.82, 2.24) is 10.2 Å². The Hall–Kier alpha value is -3.22. The molecule has 2 atom stereocenters. The molecular weight excluding hydrogens is 375 g/mol. The van der Waals surface area contributed by atoms with Crippen LogP contribution in [0.4, 0.5) is 9.18 Å². The smallest absolute Gasteiger partial charge is 0.408 e. The van der Waals surface area contributed by atoms with E-state index in [9.17, 15) is 14.4 Å². The van der Waals surface area contributed by atoms with Crippen LogP contribution in [0.1, 0.15) is 41.5 Å². The van der Waals surface area contributed by atoms with Crippen molar-refractivity contribution in [3.05, 3.63) is 72.4 Å². The molecule has 0 fully saturated rings. The second-order valence-electron chi connectivity index (χ2n) is 7.53. The van der Waals surface area contributed by atoms with Crippen LogP contribution in [0.5, 0.6) is 0 Å². The van der Waals surface area contributed by atoms with Crippen LogP contribution in [0.3, 0.4) is 0 Å². The molecule has 7 heteroatoms. The van der Waals surface area contributed by atoms with E-state index in [4.69, 9.17) is 4.74 Å². The maximum absolute atomic E-state index is 15.2. The summed E-state index contributed by atoms with van der Waals surface area (Å²) in [7, 11) is 0. The van der Waals surface area contributed by atoms with Gasteiger partial charge in [-0.25, -0.2) is 9.18 Å². The Morgan fingerprint density at radius 3 is 2.21 bits per heavy atom. The molecule has 1 aliphatic rings. The fourth-order valence-corrected chi connectivity index (χ4v) is 2.91. The van der Waals surface area contributed by atoms with Crippen LogP contribution in [-0.4, -0.2) is 47.2 Å². The predicted octanol–water partition coefficient (Wildman–Crippen LogP) is 3.81. The zero-order chi connectivity index (χ0) is 21.8. The maximum Gasteiger partial charge on any atom is 0.408 e. The van der Waals surface area contributed by atoms with Gasteiger partial charge in [-0.1, -0.05) is 43.5 Å². The van der Waals surface area contributed by atoms with E-state index in [0.717, 1.165) is 4.90 Å². The second kappa shape index (κ2) is 8.86. The highest BCUT2D eigenvalue weighted by atomic mass is 19.1. The number of ether oxygens (including phenoxy) is 1. The van der Waals surface area contributed by atoms with Crippen LogP contribution in [0, 0.1) is 0 Å². The van der Waals surface area contributed by atoms with Crippen molar-refractivity contribution in [1.29, 1.82) is 0 Å². The molecule has 2 rings (SSSR count). The lowest BCUT2D eigenvalue weighted by Gasteiger charge is -2.28. The van der Waals surface area contributed by atoms with E-state index >= 15 is 4.39 Å². The van der Waals surface area contributed by atoms with E-state index in [-0.39, 0.29) is 23.2 Å². The Morgan fingerprint density at radius 1 is 1.21 bits per heavy atom. The molecular formula is C22H25FN2O4. The molecule has 29 heavy (non-hydrogen) atoms. The largest absolute Gasteiger partial charge is 0.444 e. The normalized spacial score (nSPS) is 16.1. The van der Waals surface area contributed by atoms with Crippen molar-refractivity contribution in [3.8, 4) is 0 Å². The number of amides is 3. The summed E-state index contributed by atoms with van der Waals surface area (Å²) in [5.41, 5.74) is -0.157. The highest BCUT2D eigenvalue weighted by Gasteiger charge is 2.39. The summed E-state index contributed by atoms with van der Waals surface area (Å²) >= 11 is 0. The van der Waals surface area contributed by atoms with Crippen molar-refractivity contribution < 1.29 is 23.5 Å². The standard InChI is InChI=1S/C22H25FN2O4/c1-6-10-14(7-2)18(23)17(24-21(28)29-22(3,4)5)13-25-19(26)15-11-8-9-12-16(15)20(25)27/h6-12,17-18H,1-2,13H2,3-5H3,(H,24,28)/b14-10+. The van der Waals surface area contributed by atoms with Gasteiger partial charge in [0.2, 0.25) is 0 Å². The lowest BCUT2D eigenvalue weighted by Crippen LogP contribution is -2.51. The number of carbonyl (C=O) groups is 3. The Labute approximate surface area is 169 Å². The van der Waals surface area contributed by atoms with Gasteiger partial charge in [-0.05, 0) is 38.5 Å². The summed E-state index contributed by atoms with van der Waals surface area (Å²) in [6.45, 7) is 11.8. The van der Waals surface area contributed by atoms with E-state index in [0.29, 0.717) is 0 Å². The lowest BCUT2D eigenvalue weighted by molar-refractivity contribution is 0.0437. The number of nitrogens with one attached hydrogen (secondary N) is 1. The number of carbonyl (C=O) groups excluding carboxylic acids is 3. The van der Waals surface area contributed by atoms with Crippen molar-refractivity contribution in [2.24, 2.45) is 0 Å². The van der Waals surface area contributed by atoms with Crippen LogP contribution in [-0.2, 0) is 4.74 Å². The maximum atomic E-state index is 15.2. The van der Waals surface area contributed by atoms with Gasteiger partial charge in [0.1, 0.15) is 11.8 Å². The fourth-order valence-electron chi connectivity index (χ4n) is 2.91. The first-order valence-corrected chi connectivity index (χ1v) is 9.13. The molecule has 0 saturated carbocycles. The van der Waals surface area contributed by atoms with Gasteiger partial charge in [-0.15, -0.1) is 0 Å². The minimum Gasteiger partial charge on any atom is -0.444 e. The van der Waals surface area contributed by atoms with Gasteiger partial charge in [0.05, 0.1) is 23.7 Å². The molecule has 2 unspecified atom stereocenters. The molecule has 154 valence electrons. The monoisotopic (exact) mass is 400 g/mol. The van der Waals surface area contributed by atoms with E-state index in [1.54, 1.807) is 32.9 Å². The number of fused-ring (bicyclic) bond motifs is 1. The number of alkyl carbamates (subject to hydrolysis) is 1. The Bertz CT molecular complexity index is 835. The first kappa shape index (κ1) is 22.1. The van der Waals surface area contributed by atoms with Gasteiger partial charge in [0.15, 0.2) is 0 Å². The Kier molecular flexibility index (Phi) is 6.74. The third kappa shape index (κ3) is 5.19. The Balaban J connectivity index is 2.30. The van der Waals surface area contributed by atoms with Gasteiger partial charge < -0.3 is 10.1 Å². The molecule has 0 saturated heterocycles. The van der Waals surface area contributed by atoms with Crippen molar-refractivity contribution >= 4 is 17.9 Å². The lowest BCUT2D eigenvalue weighted by atomic mass is 10.0. The zero-order valence-corrected chi connectivity index (χ0v) is 16.8. The number of rotatable bonds is 7. The number of allylic oxidation sites excluding steroid dienone is 3. The summed E-state index contributed by atoms with van der Waals surface area (Å²) in [6.07, 6.45) is 1.48. The summed E-state index contributed by atoms with van der Waals surface area (Å²) in [4.78, 5) is 38.4. The minimum absolute atomic E-state index is 0.151. The highest BCUT2D eigenvalue weighted by molar-refractivity contribution is 6.21. The first-order valence-electron chi connectivity index (χ1n) is 9.13. The van der Waals surface area contributed by atoms with Crippen LogP contribution in [0.2, 0.25) is 0 Å². The predicted molar refractivity (Wildman–Crippen MR) is 108 cm³/mol. The van der Waals surface area contributed by atoms with E-state index in [1.807, 2.05) is 0 Å². The number of halogens is 1. The Morgan fingerprint density at radius 2 is 1.76 bits per heavy atom. The fraction of sp³-hybridized carbons (Fsp3) is 0.318. The van der Waals surface area contributed by atoms with Crippen LogP contribution in [0.25, 0.3) is 0 Å². The van der Waals surface area contributed by atoms with Gasteiger partial charge >= 0.3 is 6.09 Å². The van der Waals surface area contributed by atoms with Crippen molar-refractivity contribution in [3.63, 3.8) is 0 Å². The second-order valence-corrected chi connectivity index (χ2v) is 7.53. The molecule has 3 amide bonds. The minimum atomic E-state index is -1.75. The van der Waals surface area contributed by atoms with Crippen molar-refractivity contribution in [2.75, 3.05) is 6.54 Å². The van der Waals surface area contributed by atoms with Crippen LogP contribution >= 0.6 is 0 Å². The summed E-state index contributed by atoms with van der Waals surface area (Å²) in [5.74, 6) is -1.08. The third-order valence-corrected chi connectivity index (χ3v) is 4.18. The van der Waals surface area contributed by atoms with E-state index in [1.165, 1.54) is 30.4 Å². The van der Waals surface area contributed by atoms with E-state index < -0.39 is 35.7 Å². The third-order valence-electron chi connectivity index (χ3n) is 4.18. The molecule has 0 aliphatic carbocycles. The number of imide groups is 1. The SMILES string of the molecule is C=C/C=C(\C=C)C(F)C(CN1C(=O)c2ccccc2C1=O)NC(=O)OC(C)(C)C. The summed E-state index contributed by atoms with van der Waals surface area (Å²) < 4.78 is 20.4. The average molecular weight is 400 g/mol. The molecule has 0 aromatic heterocycles. The topological polar surface area (TPSA) is 75.7 Å². The molecule has 1 heterocycles. The molecule has 1 aromatic carbocycles. The first-order chi connectivity index (χ1) is 13.6. The number of benzene rings is 1. The van der Waals surface area contributed by atoms with Gasteiger partial charge in [0.25, 0.3) is 11.8 Å². The van der Waals surface area contributed by atoms with Gasteiger partial charge in [-0.2, -0.15) is 0 Å². The zero-order valence-electron chi connectivity index (χ0n) is 16.8. The van der Waals surface area contributed by atoms with Gasteiger partial charge in [-0.3, -0.25) is 14.5 Å². The van der Waals surface area contributed by atoms with Crippen LogP contribution < -0.4 is 5.32 Å². The quantitative estimate of drug-likeness (QED) is 0.558. The number of hydrogen-bond donors (Lipinski definition) is 1. The molecule has 0 radical (unpaired) electrons. The highest BCUT2D eigenvalue weighted by Crippen LogP contribution is 2.24. The summed E-state index contributed by atoms with van der Waals surface area (Å²) in [6, 6.07) is 5.11. The molecule has 1 aliphatic heterocycles.